The molecule has 1 atom stereocenters. The van der Waals surface area contributed by atoms with E-state index in [-0.39, 0.29) is 18.4 Å². The van der Waals surface area contributed by atoms with Gasteiger partial charge in [-0.3, -0.25) is 4.79 Å². The fourth-order valence-electron chi connectivity index (χ4n) is 2.11. The Morgan fingerprint density at radius 2 is 1.79 bits per heavy atom. The third-order valence-corrected chi connectivity index (χ3v) is 3.56. The summed E-state index contributed by atoms with van der Waals surface area (Å²) in [4.78, 5) is 23.6. The molecule has 0 saturated heterocycles. The van der Waals surface area contributed by atoms with E-state index in [1.165, 1.54) is 24.3 Å². The van der Waals surface area contributed by atoms with Crippen molar-refractivity contribution >= 4 is 11.9 Å². The summed E-state index contributed by atoms with van der Waals surface area (Å²) >= 11 is 0. The molecule has 0 heterocycles. The number of ether oxygens (including phenoxy) is 1. The summed E-state index contributed by atoms with van der Waals surface area (Å²) < 4.78 is 4.97. The Labute approximate surface area is 140 Å². The van der Waals surface area contributed by atoms with Crippen LogP contribution in [0.4, 0.5) is 0 Å². The van der Waals surface area contributed by atoms with E-state index >= 15 is 0 Å². The first-order valence-corrected chi connectivity index (χ1v) is 7.59. The monoisotopic (exact) mass is 322 g/mol. The van der Waals surface area contributed by atoms with E-state index in [1.54, 1.807) is 0 Å². The smallest absolute Gasteiger partial charge is 0.338 e. The maximum atomic E-state index is 11.8. The van der Waals surface area contributed by atoms with Crippen molar-refractivity contribution in [1.29, 1.82) is 5.26 Å². The number of amides is 1. The maximum Gasteiger partial charge on any atom is 0.338 e. The van der Waals surface area contributed by atoms with Crippen LogP contribution in [-0.2, 0) is 9.53 Å². The number of nitrogens with one attached hydrogen (secondary N) is 1. The standard InChI is InChI=1S/C19H18N2O3/c1-14(16-5-3-2-4-6-16)12-21-18(22)13-24-19(23)17-9-7-15(11-20)8-10-17/h2-10,14H,12-13H2,1H3,(H,21,22)/t14-/m0/s1. The Balaban J connectivity index is 1.76. The zero-order valence-electron chi connectivity index (χ0n) is 13.4. The van der Waals surface area contributed by atoms with Crippen molar-refractivity contribution in [1.82, 2.24) is 5.32 Å². The SMILES string of the molecule is C[C@@H](CNC(=O)COC(=O)c1ccc(C#N)cc1)c1ccccc1. The summed E-state index contributed by atoms with van der Waals surface area (Å²) in [6.45, 7) is 2.15. The second-order valence-electron chi connectivity index (χ2n) is 5.38. The molecule has 5 nitrogen and oxygen atoms in total. The normalized spacial score (nSPS) is 11.2. The molecule has 0 radical (unpaired) electrons. The third kappa shape index (κ3) is 4.96. The van der Waals surface area contributed by atoms with E-state index in [9.17, 15) is 9.59 Å². The lowest BCUT2D eigenvalue weighted by molar-refractivity contribution is -0.124. The van der Waals surface area contributed by atoms with Crippen molar-refractivity contribution in [2.45, 2.75) is 12.8 Å². The van der Waals surface area contributed by atoms with E-state index in [1.807, 2.05) is 43.3 Å². The minimum Gasteiger partial charge on any atom is -0.452 e. The number of hydrogen-bond donors (Lipinski definition) is 1. The topological polar surface area (TPSA) is 79.2 Å². The Morgan fingerprint density at radius 1 is 1.12 bits per heavy atom. The molecule has 24 heavy (non-hydrogen) atoms. The van der Waals surface area contributed by atoms with Crippen LogP contribution in [-0.4, -0.2) is 25.0 Å². The zero-order chi connectivity index (χ0) is 17.4. The number of hydrogen-bond acceptors (Lipinski definition) is 4. The molecule has 1 amide bonds. The summed E-state index contributed by atoms with van der Waals surface area (Å²) in [5.74, 6) is -0.769. The molecule has 0 saturated carbocycles. The first-order chi connectivity index (χ1) is 11.6. The number of benzene rings is 2. The quantitative estimate of drug-likeness (QED) is 0.829. The Hall–Kier alpha value is -3.13. The first-order valence-electron chi connectivity index (χ1n) is 7.59. The molecule has 0 aromatic heterocycles. The molecule has 0 fully saturated rings. The van der Waals surface area contributed by atoms with Crippen LogP contribution in [0.25, 0.3) is 0 Å². The average molecular weight is 322 g/mol. The molecule has 0 spiro atoms. The first kappa shape index (κ1) is 17.2. The summed E-state index contributed by atoms with van der Waals surface area (Å²) in [6, 6.07) is 17.9. The molecule has 5 heteroatoms. The highest BCUT2D eigenvalue weighted by Crippen LogP contribution is 2.12. The molecule has 2 aromatic carbocycles. The molecule has 0 aliphatic heterocycles. The highest BCUT2D eigenvalue weighted by Gasteiger charge is 2.11. The highest BCUT2D eigenvalue weighted by molar-refractivity contribution is 5.91. The van der Waals surface area contributed by atoms with Gasteiger partial charge in [-0.25, -0.2) is 4.79 Å². The zero-order valence-corrected chi connectivity index (χ0v) is 13.4. The minimum absolute atomic E-state index is 0.171. The van der Waals surface area contributed by atoms with E-state index < -0.39 is 5.97 Å². The van der Waals surface area contributed by atoms with Gasteiger partial charge >= 0.3 is 5.97 Å². The molecule has 1 N–H and O–H groups in total. The fraction of sp³-hybridized carbons (Fsp3) is 0.211. The van der Waals surface area contributed by atoms with E-state index in [0.29, 0.717) is 17.7 Å². The van der Waals surface area contributed by atoms with Crippen molar-refractivity contribution in [3.05, 3.63) is 71.3 Å². The van der Waals surface area contributed by atoms with Gasteiger partial charge < -0.3 is 10.1 Å². The van der Waals surface area contributed by atoms with Crippen molar-refractivity contribution in [2.24, 2.45) is 0 Å². The molecule has 0 bridgehead atoms. The van der Waals surface area contributed by atoms with Crippen molar-refractivity contribution in [3.63, 3.8) is 0 Å². The van der Waals surface area contributed by atoms with Crippen LogP contribution in [0.15, 0.2) is 54.6 Å². The second kappa shape index (κ2) is 8.49. The van der Waals surface area contributed by atoms with Crippen LogP contribution in [0.3, 0.4) is 0 Å². The third-order valence-electron chi connectivity index (χ3n) is 3.56. The number of esters is 1. The predicted molar refractivity (Wildman–Crippen MR) is 89.3 cm³/mol. The Bertz CT molecular complexity index is 733. The van der Waals surface area contributed by atoms with Gasteiger partial charge in [0.1, 0.15) is 0 Å². The predicted octanol–water partition coefficient (Wildman–Crippen LogP) is 2.63. The van der Waals surface area contributed by atoms with Gasteiger partial charge in [0.2, 0.25) is 0 Å². The van der Waals surface area contributed by atoms with Gasteiger partial charge in [-0.15, -0.1) is 0 Å². The van der Waals surface area contributed by atoms with Crippen LogP contribution in [0, 0.1) is 11.3 Å². The Kier molecular flexibility index (Phi) is 6.09. The molecular weight excluding hydrogens is 304 g/mol. The number of carbonyl (C=O) groups excluding carboxylic acids is 2. The molecule has 2 aromatic rings. The summed E-state index contributed by atoms with van der Waals surface area (Å²) in [5, 5.41) is 11.5. The number of carbonyl (C=O) groups is 2. The molecular formula is C19H18N2O3. The number of nitriles is 1. The lowest BCUT2D eigenvalue weighted by atomic mass is 10.0. The lowest BCUT2D eigenvalue weighted by Crippen LogP contribution is -2.31. The van der Waals surface area contributed by atoms with Gasteiger partial charge in [0.15, 0.2) is 6.61 Å². The van der Waals surface area contributed by atoms with Gasteiger partial charge in [0.25, 0.3) is 5.91 Å². The van der Waals surface area contributed by atoms with Crippen LogP contribution in [0.2, 0.25) is 0 Å². The van der Waals surface area contributed by atoms with Crippen molar-refractivity contribution in [3.8, 4) is 6.07 Å². The van der Waals surface area contributed by atoms with Gasteiger partial charge in [0.05, 0.1) is 17.2 Å². The van der Waals surface area contributed by atoms with E-state index in [4.69, 9.17) is 10.00 Å². The minimum atomic E-state index is -0.592. The van der Waals surface area contributed by atoms with Gasteiger partial charge in [-0.1, -0.05) is 37.3 Å². The largest absolute Gasteiger partial charge is 0.452 e. The molecule has 0 aliphatic carbocycles. The van der Waals surface area contributed by atoms with Gasteiger partial charge in [-0.05, 0) is 35.7 Å². The molecule has 0 unspecified atom stereocenters. The lowest BCUT2D eigenvalue weighted by Gasteiger charge is -2.13. The van der Waals surface area contributed by atoms with Crippen LogP contribution < -0.4 is 5.32 Å². The van der Waals surface area contributed by atoms with E-state index in [2.05, 4.69) is 5.32 Å². The average Bonchev–Trinajstić information content (AvgIpc) is 2.64. The van der Waals surface area contributed by atoms with Crippen LogP contribution in [0.1, 0.15) is 34.3 Å². The van der Waals surface area contributed by atoms with Crippen molar-refractivity contribution in [2.75, 3.05) is 13.2 Å². The van der Waals surface area contributed by atoms with Gasteiger partial charge in [-0.2, -0.15) is 5.26 Å². The van der Waals surface area contributed by atoms with E-state index in [0.717, 1.165) is 5.56 Å². The Morgan fingerprint density at radius 3 is 2.42 bits per heavy atom. The summed E-state index contributed by atoms with van der Waals surface area (Å²) in [5.41, 5.74) is 1.89. The molecule has 122 valence electrons. The summed E-state index contributed by atoms with van der Waals surface area (Å²) in [7, 11) is 0. The molecule has 0 aliphatic rings. The van der Waals surface area contributed by atoms with Crippen molar-refractivity contribution < 1.29 is 14.3 Å². The fourth-order valence-corrected chi connectivity index (χ4v) is 2.11. The van der Waals surface area contributed by atoms with Crippen LogP contribution >= 0.6 is 0 Å². The molecule has 2 rings (SSSR count). The number of nitrogens with zero attached hydrogens (tertiary/aromatic N) is 1. The van der Waals surface area contributed by atoms with Crippen LogP contribution in [0.5, 0.6) is 0 Å². The summed E-state index contributed by atoms with van der Waals surface area (Å²) in [6.07, 6.45) is 0. The second-order valence-corrected chi connectivity index (χ2v) is 5.38. The highest BCUT2D eigenvalue weighted by atomic mass is 16.5. The van der Waals surface area contributed by atoms with Gasteiger partial charge in [0, 0.05) is 6.54 Å². The maximum absolute atomic E-state index is 11.8. The number of rotatable bonds is 6.